The fourth-order valence-corrected chi connectivity index (χ4v) is 1.51. The third-order valence-electron chi connectivity index (χ3n) is 2.23. The molecule has 0 saturated carbocycles. The molecule has 2 rings (SSSR count). The minimum absolute atomic E-state index is 0. The zero-order valence-electron chi connectivity index (χ0n) is 8.05. The molecule has 0 atom stereocenters. The van der Waals surface area contributed by atoms with Crippen LogP contribution >= 0.6 is 0 Å². The summed E-state index contributed by atoms with van der Waals surface area (Å²) in [6.45, 7) is 0.772. The van der Waals surface area contributed by atoms with Crippen molar-refractivity contribution in [2.45, 2.75) is 12.8 Å². The lowest BCUT2D eigenvalue weighted by Gasteiger charge is -2.17. The maximum atomic E-state index is 7.27. The van der Waals surface area contributed by atoms with Crippen molar-refractivity contribution in [2.24, 2.45) is 5.73 Å². The summed E-state index contributed by atoms with van der Waals surface area (Å²) < 4.78 is 5.46. The molecule has 1 aliphatic rings. The number of nitrogens with one attached hydrogen (secondary N) is 1. The number of ether oxygens (including phenoxy) is 1. The summed E-state index contributed by atoms with van der Waals surface area (Å²) in [6.07, 6.45) is 2.14. The van der Waals surface area contributed by atoms with Crippen molar-refractivity contribution in [3.8, 4) is 5.75 Å². The molecule has 76 valence electrons. The number of aryl methyl sites for hydroxylation is 1. The van der Waals surface area contributed by atoms with Crippen LogP contribution in [-0.4, -0.2) is 12.4 Å². The molecule has 0 aliphatic carbocycles. The summed E-state index contributed by atoms with van der Waals surface area (Å²) in [6, 6.07) is 5.71. The number of fused-ring (bicyclic) bond motifs is 1. The molecule has 0 bridgehead atoms. The average molecular weight is 193 g/mol. The predicted molar refractivity (Wildman–Crippen MR) is 56.3 cm³/mol. The van der Waals surface area contributed by atoms with Crippen LogP contribution in [0, 0.1) is 5.41 Å². The van der Waals surface area contributed by atoms with Gasteiger partial charge < -0.3 is 16.6 Å². The molecule has 0 spiro atoms. The first-order chi connectivity index (χ1) is 6.27. The Balaban J connectivity index is 0.000000980. The minimum Gasteiger partial charge on any atom is -0.493 e. The Morgan fingerprint density at radius 3 is 2.93 bits per heavy atom. The second-order valence-corrected chi connectivity index (χ2v) is 3.19. The van der Waals surface area contributed by atoms with E-state index in [0.29, 0.717) is 0 Å². The molecule has 0 aromatic heterocycles. The Morgan fingerprint density at radius 2 is 2.21 bits per heavy atom. The lowest BCUT2D eigenvalue weighted by atomic mass is 10.0. The molecule has 1 aliphatic heterocycles. The van der Waals surface area contributed by atoms with Crippen molar-refractivity contribution in [1.82, 2.24) is 6.15 Å². The molecular formula is C10H15N3O. The Bertz CT molecular complexity index is 349. The number of rotatable bonds is 1. The lowest BCUT2D eigenvalue weighted by Crippen LogP contribution is -2.13. The van der Waals surface area contributed by atoms with Crippen LogP contribution in [-0.2, 0) is 6.42 Å². The Labute approximate surface area is 83.2 Å². The highest BCUT2D eigenvalue weighted by Crippen LogP contribution is 2.25. The van der Waals surface area contributed by atoms with E-state index in [1.807, 2.05) is 18.2 Å². The van der Waals surface area contributed by atoms with E-state index in [1.165, 1.54) is 5.56 Å². The lowest BCUT2D eigenvalue weighted by molar-refractivity contribution is 0.288. The van der Waals surface area contributed by atoms with E-state index in [4.69, 9.17) is 15.9 Å². The molecule has 1 aromatic carbocycles. The molecule has 0 amide bonds. The molecule has 0 saturated heterocycles. The monoisotopic (exact) mass is 193 g/mol. The first-order valence-corrected chi connectivity index (χ1v) is 4.37. The maximum absolute atomic E-state index is 7.27. The van der Waals surface area contributed by atoms with Gasteiger partial charge in [-0.05, 0) is 24.5 Å². The molecule has 0 fully saturated rings. The van der Waals surface area contributed by atoms with Crippen molar-refractivity contribution < 1.29 is 4.74 Å². The van der Waals surface area contributed by atoms with Crippen molar-refractivity contribution in [3.63, 3.8) is 0 Å². The fourth-order valence-electron chi connectivity index (χ4n) is 1.51. The smallest absolute Gasteiger partial charge is 0.123 e. The van der Waals surface area contributed by atoms with Crippen LogP contribution in [0.2, 0.25) is 0 Å². The fraction of sp³-hybridized carbons (Fsp3) is 0.300. The zero-order chi connectivity index (χ0) is 9.26. The first kappa shape index (κ1) is 10.5. The van der Waals surface area contributed by atoms with Gasteiger partial charge in [-0.3, -0.25) is 5.41 Å². The highest BCUT2D eigenvalue weighted by Gasteiger charge is 2.10. The topological polar surface area (TPSA) is 94.1 Å². The largest absolute Gasteiger partial charge is 0.493 e. The summed E-state index contributed by atoms with van der Waals surface area (Å²) in [4.78, 5) is 0. The van der Waals surface area contributed by atoms with Gasteiger partial charge >= 0.3 is 0 Å². The maximum Gasteiger partial charge on any atom is 0.123 e. The number of benzene rings is 1. The van der Waals surface area contributed by atoms with Crippen LogP contribution in [0.25, 0.3) is 0 Å². The van der Waals surface area contributed by atoms with Gasteiger partial charge in [-0.2, -0.15) is 0 Å². The quantitative estimate of drug-likeness (QED) is 0.465. The summed E-state index contributed by atoms with van der Waals surface area (Å²) in [5.41, 5.74) is 7.33. The Kier molecular flexibility index (Phi) is 3.09. The number of amidine groups is 1. The number of hydrogen-bond donors (Lipinski definition) is 3. The summed E-state index contributed by atoms with van der Waals surface area (Å²) in [5, 5.41) is 7.27. The summed E-state index contributed by atoms with van der Waals surface area (Å²) >= 11 is 0. The van der Waals surface area contributed by atoms with Gasteiger partial charge in [-0.15, -0.1) is 0 Å². The van der Waals surface area contributed by atoms with Gasteiger partial charge in [0.2, 0.25) is 0 Å². The van der Waals surface area contributed by atoms with Gasteiger partial charge in [-0.25, -0.2) is 0 Å². The van der Waals surface area contributed by atoms with Crippen LogP contribution in [0.4, 0.5) is 0 Å². The van der Waals surface area contributed by atoms with Crippen molar-refractivity contribution >= 4 is 5.84 Å². The van der Waals surface area contributed by atoms with Crippen molar-refractivity contribution in [2.75, 3.05) is 6.61 Å². The molecule has 0 unspecified atom stereocenters. The average Bonchev–Trinajstić information content (AvgIpc) is 2.17. The van der Waals surface area contributed by atoms with Crippen LogP contribution < -0.4 is 16.6 Å². The molecule has 4 heteroatoms. The minimum atomic E-state index is 0. The van der Waals surface area contributed by atoms with Crippen molar-refractivity contribution in [1.29, 1.82) is 5.41 Å². The van der Waals surface area contributed by atoms with Crippen molar-refractivity contribution in [3.05, 3.63) is 29.3 Å². The number of hydrogen-bond acceptors (Lipinski definition) is 3. The van der Waals surface area contributed by atoms with Gasteiger partial charge in [0.25, 0.3) is 0 Å². The highest BCUT2D eigenvalue weighted by atomic mass is 16.5. The van der Waals surface area contributed by atoms with E-state index in [-0.39, 0.29) is 12.0 Å². The van der Waals surface area contributed by atoms with Gasteiger partial charge in [0, 0.05) is 5.56 Å². The third-order valence-corrected chi connectivity index (χ3v) is 2.23. The molecule has 4 nitrogen and oxygen atoms in total. The van der Waals surface area contributed by atoms with E-state index >= 15 is 0 Å². The van der Waals surface area contributed by atoms with Gasteiger partial charge in [-0.1, -0.05) is 12.1 Å². The van der Waals surface area contributed by atoms with Gasteiger partial charge in [0.15, 0.2) is 0 Å². The molecule has 1 aromatic rings. The number of nitrogen functional groups attached to an aromatic ring is 1. The van der Waals surface area contributed by atoms with E-state index in [0.717, 1.165) is 30.8 Å². The normalized spacial score (nSPS) is 13.4. The molecule has 1 heterocycles. The summed E-state index contributed by atoms with van der Waals surface area (Å²) in [7, 11) is 0. The van der Waals surface area contributed by atoms with Gasteiger partial charge in [0.1, 0.15) is 11.6 Å². The molecular weight excluding hydrogens is 178 g/mol. The Hall–Kier alpha value is -1.55. The van der Waals surface area contributed by atoms with Crippen LogP contribution in [0.15, 0.2) is 18.2 Å². The highest BCUT2D eigenvalue weighted by molar-refractivity contribution is 5.95. The van der Waals surface area contributed by atoms with E-state index in [1.54, 1.807) is 0 Å². The standard InChI is InChI=1S/C10H12N2O.H3N/c11-10(12)8-4-3-7-2-1-5-13-9(7)6-8;/h3-4,6H,1-2,5H2,(H3,11,12);1H3. The second kappa shape index (κ2) is 4.11. The third kappa shape index (κ3) is 1.85. The Morgan fingerprint density at radius 1 is 1.43 bits per heavy atom. The predicted octanol–water partition coefficient (Wildman–Crippen LogP) is 1.46. The zero-order valence-corrected chi connectivity index (χ0v) is 8.05. The van der Waals surface area contributed by atoms with Crippen LogP contribution in [0.5, 0.6) is 5.75 Å². The molecule has 6 N–H and O–H groups in total. The molecule has 14 heavy (non-hydrogen) atoms. The van der Waals surface area contributed by atoms with Crippen LogP contribution in [0.3, 0.4) is 0 Å². The van der Waals surface area contributed by atoms with E-state index in [9.17, 15) is 0 Å². The van der Waals surface area contributed by atoms with Gasteiger partial charge in [0.05, 0.1) is 6.61 Å². The summed E-state index contributed by atoms with van der Waals surface area (Å²) in [5.74, 6) is 0.982. The van der Waals surface area contributed by atoms with Crippen LogP contribution in [0.1, 0.15) is 17.5 Å². The number of nitrogens with two attached hydrogens (primary N) is 1. The molecule has 0 radical (unpaired) electrons. The second-order valence-electron chi connectivity index (χ2n) is 3.19. The van der Waals surface area contributed by atoms with E-state index < -0.39 is 0 Å². The van der Waals surface area contributed by atoms with E-state index in [2.05, 4.69) is 0 Å². The SMILES string of the molecule is N.N=C(N)c1ccc2c(c1)OCCC2. The first-order valence-electron chi connectivity index (χ1n) is 4.37.